The third kappa shape index (κ3) is 5.90. The van der Waals surface area contributed by atoms with Crippen LogP contribution in [0.15, 0.2) is 78.9 Å². The van der Waals surface area contributed by atoms with Crippen molar-refractivity contribution in [2.45, 2.75) is 38.3 Å². The summed E-state index contributed by atoms with van der Waals surface area (Å²) < 4.78 is 5.88. The Labute approximate surface area is 199 Å². The van der Waals surface area contributed by atoms with Gasteiger partial charge in [-0.25, -0.2) is 0 Å². The molecule has 3 N–H and O–H groups in total. The first-order valence-electron chi connectivity index (χ1n) is 11.5. The maximum absolute atomic E-state index is 13.0. The number of Topliss-reactive ketones (excluding diaryl/α,β-unsaturated/α-hetero) is 1. The molecule has 0 saturated heterocycles. The molecule has 0 radical (unpaired) electrons. The molecule has 6 nitrogen and oxygen atoms in total. The Hall–Kier alpha value is -3.93. The van der Waals surface area contributed by atoms with Crippen LogP contribution in [-0.4, -0.2) is 23.6 Å². The molecule has 0 aliphatic heterocycles. The van der Waals surface area contributed by atoms with Crippen LogP contribution < -0.4 is 15.8 Å². The first-order valence-corrected chi connectivity index (χ1v) is 11.5. The fourth-order valence-corrected chi connectivity index (χ4v) is 4.27. The Morgan fingerprint density at radius 1 is 0.971 bits per heavy atom. The van der Waals surface area contributed by atoms with Crippen molar-refractivity contribution in [3.05, 3.63) is 101 Å². The lowest BCUT2D eigenvalue weighted by Gasteiger charge is -2.24. The van der Waals surface area contributed by atoms with Gasteiger partial charge in [-0.2, -0.15) is 0 Å². The van der Waals surface area contributed by atoms with E-state index in [2.05, 4.69) is 5.32 Å². The molecular weight excluding hydrogens is 428 g/mol. The maximum atomic E-state index is 13.0. The van der Waals surface area contributed by atoms with Crippen LogP contribution in [0.2, 0.25) is 0 Å². The third-order valence-corrected chi connectivity index (χ3v) is 6.12. The van der Waals surface area contributed by atoms with Crippen molar-refractivity contribution in [2.75, 3.05) is 0 Å². The molecule has 0 saturated carbocycles. The molecule has 2 atom stereocenters. The van der Waals surface area contributed by atoms with Crippen LogP contribution in [0.3, 0.4) is 0 Å². The van der Waals surface area contributed by atoms with Crippen molar-refractivity contribution in [1.82, 2.24) is 5.32 Å². The Morgan fingerprint density at radius 2 is 1.65 bits per heavy atom. The number of aryl methyl sites for hydroxylation is 1. The molecule has 4 rings (SSSR count). The zero-order valence-electron chi connectivity index (χ0n) is 18.9. The number of hydrogen-bond acceptors (Lipinski definition) is 4. The zero-order chi connectivity index (χ0) is 23.9. The van der Waals surface area contributed by atoms with Crippen molar-refractivity contribution in [3.8, 4) is 5.75 Å². The second-order valence-corrected chi connectivity index (χ2v) is 8.61. The topological polar surface area (TPSA) is 98.5 Å². The van der Waals surface area contributed by atoms with Gasteiger partial charge in [0.1, 0.15) is 18.4 Å². The number of fused-ring (bicyclic) bond motifs is 1. The Balaban J connectivity index is 1.35. The minimum Gasteiger partial charge on any atom is -0.489 e. The maximum Gasteiger partial charge on any atom is 0.240 e. The van der Waals surface area contributed by atoms with E-state index in [4.69, 9.17) is 10.5 Å². The summed E-state index contributed by atoms with van der Waals surface area (Å²) in [7, 11) is 0. The highest BCUT2D eigenvalue weighted by Crippen LogP contribution is 2.30. The first-order chi connectivity index (χ1) is 16.5. The van der Waals surface area contributed by atoms with Crippen molar-refractivity contribution in [3.63, 3.8) is 0 Å². The number of rotatable bonds is 9. The molecule has 0 aromatic heterocycles. The van der Waals surface area contributed by atoms with E-state index < -0.39 is 17.9 Å². The van der Waals surface area contributed by atoms with Gasteiger partial charge < -0.3 is 15.8 Å². The number of nitrogens with two attached hydrogens (primary N) is 1. The van der Waals surface area contributed by atoms with Gasteiger partial charge in [-0.05, 0) is 47.7 Å². The van der Waals surface area contributed by atoms with E-state index in [-0.39, 0.29) is 18.1 Å². The lowest BCUT2D eigenvalue weighted by molar-refractivity contribution is -0.127. The number of nitrogens with one attached hydrogen (secondary N) is 1. The number of carbonyl (C=O) groups excluding carboxylic acids is 3. The molecule has 0 heterocycles. The molecule has 0 fully saturated rings. The van der Waals surface area contributed by atoms with Crippen molar-refractivity contribution < 1.29 is 19.1 Å². The molecule has 1 aliphatic carbocycles. The highest BCUT2D eigenvalue weighted by molar-refractivity contribution is 6.02. The summed E-state index contributed by atoms with van der Waals surface area (Å²) in [6.45, 7) is 0.459. The Kier molecular flexibility index (Phi) is 7.38. The molecule has 3 aromatic rings. The van der Waals surface area contributed by atoms with Crippen LogP contribution in [0, 0.1) is 5.92 Å². The quantitative estimate of drug-likeness (QED) is 0.514. The monoisotopic (exact) mass is 456 g/mol. The van der Waals surface area contributed by atoms with Gasteiger partial charge in [0.25, 0.3) is 0 Å². The summed E-state index contributed by atoms with van der Waals surface area (Å²) in [4.78, 5) is 37.6. The summed E-state index contributed by atoms with van der Waals surface area (Å²) >= 11 is 0. The van der Waals surface area contributed by atoms with Crippen LogP contribution in [0.25, 0.3) is 0 Å². The van der Waals surface area contributed by atoms with Crippen LogP contribution >= 0.6 is 0 Å². The first kappa shape index (κ1) is 23.2. The van der Waals surface area contributed by atoms with Crippen molar-refractivity contribution >= 4 is 17.6 Å². The predicted molar refractivity (Wildman–Crippen MR) is 129 cm³/mol. The third-order valence-electron chi connectivity index (χ3n) is 6.12. The summed E-state index contributed by atoms with van der Waals surface area (Å²) in [5.74, 6) is -0.694. The summed E-state index contributed by atoms with van der Waals surface area (Å²) in [6, 6.07) is 23.9. The summed E-state index contributed by atoms with van der Waals surface area (Å²) in [6.07, 6.45) is 1.60. The largest absolute Gasteiger partial charge is 0.489 e. The van der Waals surface area contributed by atoms with E-state index in [1.165, 1.54) is 0 Å². The van der Waals surface area contributed by atoms with E-state index >= 15 is 0 Å². The predicted octanol–water partition coefficient (Wildman–Crippen LogP) is 3.61. The van der Waals surface area contributed by atoms with Gasteiger partial charge in [-0.1, -0.05) is 60.7 Å². The number of ether oxygens (including phenoxy) is 1. The normalized spacial score (nSPS) is 15.8. The lowest BCUT2D eigenvalue weighted by atomic mass is 9.81. The molecule has 2 amide bonds. The Bertz CT molecular complexity index is 1160. The average Bonchev–Trinajstić information content (AvgIpc) is 2.85. The summed E-state index contributed by atoms with van der Waals surface area (Å²) in [5, 5.41) is 2.71. The van der Waals surface area contributed by atoms with Gasteiger partial charge in [0, 0.05) is 24.3 Å². The number of carbonyl (C=O) groups is 3. The minimum absolute atomic E-state index is 0.0309. The van der Waals surface area contributed by atoms with E-state index in [0.717, 1.165) is 22.4 Å². The molecule has 0 bridgehead atoms. The molecule has 1 aliphatic rings. The van der Waals surface area contributed by atoms with Gasteiger partial charge in [0.15, 0.2) is 5.78 Å². The lowest BCUT2D eigenvalue weighted by Crippen LogP contribution is -2.46. The molecular formula is C28H28N2O4. The van der Waals surface area contributed by atoms with Crippen molar-refractivity contribution in [2.24, 2.45) is 11.7 Å². The van der Waals surface area contributed by atoms with E-state index in [1.807, 2.05) is 66.7 Å². The molecule has 3 aromatic carbocycles. The van der Waals surface area contributed by atoms with Crippen molar-refractivity contribution in [1.29, 1.82) is 0 Å². The van der Waals surface area contributed by atoms with Gasteiger partial charge >= 0.3 is 0 Å². The molecule has 0 spiro atoms. The van der Waals surface area contributed by atoms with Crippen LogP contribution in [0.4, 0.5) is 0 Å². The fraction of sp³-hybridized carbons (Fsp3) is 0.250. The second-order valence-electron chi connectivity index (χ2n) is 8.61. The van der Waals surface area contributed by atoms with E-state index in [9.17, 15) is 14.4 Å². The van der Waals surface area contributed by atoms with Gasteiger partial charge in [-0.3, -0.25) is 14.4 Å². The number of amides is 2. The van der Waals surface area contributed by atoms with Crippen LogP contribution in [0.1, 0.15) is 39.9 Å². The average molecular weight is 457 g/mol. The standard InChI is InChI=1S/C28H28N2O4/c29-28(33)25(15-19-7-3-1-4-8-19)30-26(31)17-22-12-11-21-16-23(13-14-24(21)27(22)32)34-18-20-9-5-2-6-10-20/h1-10,13-14,16,22,25H,11-12,15,17-18H2,(H2,29,33)(H,30,31)/t22?,25-/m0/s1. The highest BCUT2D eigenvalue weighted by atomic mass is 16.5. The molecule has 174 valence electrons. The molecule has 34 heavy (non-hydrogen) atoms. The second kappa shape index (κ2) is 10.8. The zero-order valence-corrected chi connectivity index (χ0v) is 18.9. The SMILES string of the molecule is NC(=O)[C@H](Cc1ccccc1)NC(=O)CC1CCc2cc(OCc3ccccc3)ccc2C1=O. The van der Waals surface area contributed by atoms with E-state index in [0.29, 0.717) is 31.4 Å². The minimum atomic E-state index is -0.815. The molecule has 1 unspecified atom stereocenters. The number of benzene rings is 3. The number of ketones is 1. The van der Waals surface area contributed by atoms with Gasteiger partial charge in [0.2, 0.25) is 11.8 Å². The summed E-state index contributed by atoms with van der Waals surface area (Å²) in [5.41, 5.74) is 9.04. The highest BCUT2D eigenvalue weighted by Gasteiger charge is 2.30. The number of primary amides is 1. The van der Waals surface area contributed by atoms with Crippen LogP contribution in [0.5, 0.6) is 5.75 Å². The number of hydrogen-bond donors (Lipinski definition) is 2. The smallest absolute Gasteiger partial charge is 0.240 e. The Morgan fingerprint density at radius 3 is 2.32 bits per heavy atom. The van der Waals surface area contributed by atoms with Gasteiger partial charge in [-0.15, -0.1) is 0 Å². The molecule has 6 heteroatoms. The van der Waals surface area contributed by atoms with E-state index in [1.54, 1.807) is 12.1 Å². The van der Waals surface area contributed by atoms with Gasteiger partial charge in [0.05, 0.1) is 0 Å². The fourth-order valence-electron chi connectivity index (χ4n) is 4.27. The van der Waals surface area contributed by atoms with Crippen LogP contribution in [-0.2, 0) is 29.0 Å².